The molecule has 1 aliphatic heterocycles. The fraction of sp³-hybridized carbons (Fsp3) is 0.571. The lowest BCUT2D eigenvalue weighted by Crippen LogP contribution is -2.49. The Bertz CT molecular complexity index is 371. The zero-order chi connectivity index (χ0) is 12.2. The Balaban J connectivity index is 1.49. The third kappa shape index (κ3) is 2.83. The van der Waals surface area contributed by atoms with Gasteiger partial charge in [-0.1, -0.05) is 18.2 Å². The van der Waals surface area contributed by atoms with Crippen molar-refractivity contribution in [2.24, 2.45) is 0 Å². The Morgan fingerprint density at radius 1 is 0.944 bits per heavy atom. The number of para-hydroxylation sites is 1. The molecule has 3 rings (SSSR count). The van der Waals surface area contributed by atoms with Crippen LogP contribution in [-0.2, 0) is 9.47 Å². The molecule has 98 valence electrons. The van der Waals surface area contributed by atoms with Gasteiger partial charge in [-0.25, -0.2) is 5.43 Å². The summed E-state index contributed by atoms with van der Waals surface area (Å²) in [5.41, 5.74) is 7.75. The summed E-state index contributed by atoms with van der Waals surface area (Å²) in [6.07, 6.45) is 3.81. The van der Waals surface area contributed by atoms with Crippen molar-refractivity contribution in [2.45, 2.75) is 37.5 Å². The second kappa shape index (κ2) is 5.69. The molecule has 1 saturated heterocycles. The summed E-state index contributed by atoms with van der Waals surface area (Å²) in [5, 5.41) is 0. The Morgan fingerprint density at radius 3 is 2.56 bits per heavy atom. The third-order valence-electron chi connectivity index (χ3n) is 3.67. The van der Waals surface area contributed by atoms with E-state index >= 15 is 0 Å². The molecule has 0 spiro atoms. The molecule has 1 saturated carbocycles. The van der Waals surface area contributed by atoms with Gasteiger partial charge in [-0.2, -0.15) is 0 Å². The van der Waals surface area contributed by atoms with Crippen molar-refractivity contribution >= 4 is 5.69 Å². The SMILES string of the molecule is c1ccc(NNC2CCC3OCCOC3C2)cc1. The van der Waals surface area contributed by atoms with Crippen LogP contribution in [-0.4, -0.2) is 31.5 Å². The first-order valence-corrected chi connectivity index (χ1v) is 6.71. The zero-order valence-electron chi connectivity index (χ0n) is 10.5. The Morgan fingerprint density at radius 2 is 1.72 bits per heavy atom. The molecule has 2 aliphatic rings. The first-order chi connectivity index (χ1) is 8.92. The number of hydrogen-bond donors (Lipinski definition) is 2. The van der Waals surface area contributed by atoms with Gasteiger partial charge in [-0.05, 0) is 31.4 Å². The fourth-order valence-corrected chi connectivity index (χ4v) is 2.70. The average molecular weight is 248 g/mol. The maximum absolute atomic E-state index is 5.77. The highest BCUT2D eigenvalue weighted by Crippen LogP contribution is 2.26. The van der Waals surface area contributed by atoms with Crippen molar-refractivity contribution in [1.29, 1.82) is 0 Å². The highest BCUT2D eigenvalue weighted by Gasteiger charge is 2.33. The van der Waals surface area contributed by atoms with Crippen molar-refractivity contribution in [3.63, 3.8) is 0 Å². The van der Waals surface area contributed by atoms with Gasteiger partial charge in [0.05, 0.1) is 25.4 Å². The summed E-state index contributed by atoms with van der Waals surface area (Å²) in [4.78, 5) is 0. The first kappa shape index (κ1) is 12.0. The molecule has 2 N–H and O–H groups in total. The van der Waals surface area contributed by atoms with Gasteiger partial charge in [-0.3, -0.25) is 0 Å². The van der Waals surface area contributed by atoms with Crippen LogP contribution in [0.3, 0.4) is 0 Å². The zero-order valence-corrected chi connectivity index (χ0v) is 10.5. The summed E-state index contributed by atoms with van der Waals surface area (Å²) in [6.45, 7) is 1.49. The van der Waals surface area contributed by atoms with Crippen molar-refractivity contribution in [1.82, 2.24) is 5.43 Å². The standard InChI is InChI=1S/C14H20N2O2/c1-2-4-11(5-3-1)15-16-12-6-7-13-14(10-12)18-9-8-17-13/h1-5,12-16H,6-10H2. The first-order valence-electron chi connectivity index (χ1n) is 6.71. The average Bonchev–Trinajstić information content (AvgIpc) is 2.46. The summed E-state index contributed by atoms with van der Waals surface area (Å²) in [7, 11) is 0. The van der Waals surface area contributed by atoms with E-state index in [0.29, 0.717) is 12.1 Å². The summed E-state index contributed by atoms with van der Waals surface area (Å²) < 4.78 is 11.5. The lowest BCUT2D eigenvalue weighted by molar-refractivity contribution is -0.157. The van der Waals surface area contributed by atoms with E-state index in [2.05, 4.69) is 23.0 Å². The predicted molar refractivity (Wildman–Crippen MR) is 70.3 cm³/mol. The molecule has 0 amide bonds. The molecule has 4 heteroatoms. The molecule has 1 aromatic carbocycles. The van der Waals surface area contributed by atoms with Gasteiger partial charge in [-0.15, -0.1) is 0 Å². The largest absolute Gasteiger partial charge is 0.373 e. The second-order valence-corrected chi connectivity index (χ2v) is 4.96. The fourth-order valence-electron chi connectivity index (χ4n) is 2.70. The van der Waals surface area contributed by atoms with Crippen molar-refractivity contribution in [2.75, 3.05) is 18.6 Å². The van der Waals surface area contributed by atoms with Gasteiger partial charge in [0, 0.05) is 11.7 Å². The van der Waals surface area contributed by atoms with Crippen LogP contribution < -0.4 is 10.9 Å². The number of rotatable bonds is 3. The van der Waals surface area contributed by atoms with Crippen LogP contribution in [0.1, 0.15) is 19.3 Å². The molecule has 0 aromatic heterocycles. The summed E-state index contributed by atoms with van der Waals surface area (Å²) in [5.74, 6) is 0. The van der Waals surface area contributed by atoms with Crippen LogP contribution in [0.25, 0.3) is 0 Å². The molecular formula is C14H20N2O2. The number of nitrogens with one attached hydrogen (secondary N) is 2. The number of fused-ring (bicyclic) bond motifs is 1. The summed E-state index contributed by atoms with van der Waals surface area (Å²) >= 11 is 0. The predicted octanol–water partition coefficient (Wildman–Crippen LogP) is 1.94. The van der Waals surface area contributed by atoms with E-state index in [-0.39, 0.29) is 6.10 Å². The van der Waals surface area contributed by atoms with Crippen molar-refractivity contribution < 1.29 is 9.47 Å². The Hall–Kier alpha value is -1.10. The minimum Gasteiger partial charge on any atom is -0.373 e. The number of hydrogen-bond acceptors (Lipinski definition) is 4. The van der Waals surface area contributed by atoms with Crippen LogP contribution in [0.15, 0.2) is 30.3 Å². The molecular weight excluding hydrogens is 228 g/mol. The normalized spacial score (nSPS) is 31.7. The van der Waals surface area contributed by atoms with E-state index in [1.807, 2.05) is 18.2 Å². The van der Waals surface area contributed by atoms with Crippen LogP contribution in [0, 0.1) is 0 Å². The maximum Gasteiger partial charge on any atom is 0.0853 e. The van der Waals surface area contributed by atoms with Crippen LogP contribution in [0.5, 0.6) is 0 Å². The number of ether oxygens (including phenoxy) is 2. The summed E-state index contributed by atoms with van der Waals surface area (Å²) in [6, 6.07) is 10.6. The van der Waals surface area contributed by atoms with E-state index in [9.17, 15) is 0 Å². The number of anilines is 1. The van der Waals surface area contributed by atoms with Gasteiger partial charge in [0.2, 0.25) is 0 Å². The minimum atomic E-state index is 0.266. The maximum atomic E-state index is 5.77. The Labute approximate surface area is 108 Å². The third-order valence-corrected chi connectivity index (χ3v) is 3.67. The smallest absolute Gasteiger partial charge is 0.0853 e. The quantitative estimate of drug-likeness (QED) is 0.802. The molecule has 1 heterocycles. The van der Waals surface area contributed by atoms with E-state index in [4.69, 9.17) is 9.47 Å². The second-order valence-electron chi connectivity index (χ2n) is 4.96. The van der Waals surface area contributed by atoms with Crippen molar-refractivity contribution in [3.8, 4) is 0 Å². The number of hydrazine groups is 1. The molecule has 2 fully saturated rings. The molecule has 4 nitrogen and oxygen atoms in total. The van der Waals surface area contributed by atoms with Crippen LogP contribution >= 0.6 is 0 Å². The van der Waals surface area contributed by atoms with Crippen LogP contribution in [0.4, 0.5) is 5.69 Å². The van der Waals surface area contributed by atoms with Gasteiger partial charge < -0.3 is 14.9 Å². The molecule has 1 aliphatic carbocycles. The van der Waals surface area contributed by atoms with Gasteiger partial charge in [0.25, 0.3) is 0 Å². The molecule has 3 unspecified atom stereocenters. The monoisotopic (exact) mass is 248 g/mol. The lowest BCUT2D eigenvalue weighted by Gasteiger charge is -2.39. The molecule has 0 bridgehead atoms. The number of benzene rings is 1. The van der Waals surface area contributed by atoms with E-state index in [1.54, 1.807) is 0 Å². The van der Waals surface area contributed by atoms with Gasteiger partial charge >= 0.3 is 0 Å². The van der Waals surface area contributed by atoms with Crippen LogP contribution in [0.2, 0.25) is 0 Å². The molecule has 0 radical (unpaired) electrons. The molecule has 18 heavy (non-hydrogen) atoms. The van der Waals surface area contributed by atoms with E-state index in [1.165, 1.54) is 0 Å². The minimum absolute atomic E-state index is 0.266. The topological polar surface area (TPSA) is 42.5 Å². The highest BCUT2D eigenvalue weighted by atomic mass is 16.6. The Kier molecular flexibility index (Phi) is 3.78. The molecule has 3 atom stereocenters. The van der Waals surface area contributed by atoms with E-state index < -0.39 is 0 Å². The van der Waals surface area contributed by atoms with Gasteiger partial charge in [0.15, 0.2) is 0 Å². The van der Waals surface area contributed by atoms with Crippen molar-refractivity contribution in [3.05, 3.63) is 30.3 Å². The lowest BCUT2D eigenvalue weighted by atomic mass is 9.90. The van der Waals surface area contributed by atoms with E-state index in [0.717, 1.165) is 38.2 Å². The molecule has 1 aromatic rings. The highest BCUT2D eigenvalue weighted by molar-refractivity contribution is 5.41. The van der Waals surface area contributed by atoms with Gasteiger partial charge in [0.1, 0.15) is 0 Å².